The van der Waals surface area contributed by atoms with Crippen LogP contribution >= 0.6 is 34.9 Å². The van der Waals surface area contributed by atoms with Gasteiger partial charge in [-0.2, -0.15) is 0 Å². The number of nitrogens with zero attached hydrogens (tertiary/aromatic N) is 5. The summed E-state index contributed by atoms with van der Waals surface area (Å²) < 4.78 is 1.26. The fourth-order valence-electron chi connectivity index (χ4n) is 3.76. The second-order valence-corrected chi connectivity index (χ2v) is 11.6. The maximum absolute atomic E-state index is 13.0. The van der Waals surface area contributed by atoms with E-state index in [1.165, 1.54) is 26.7 Å². The number of carboxylic acid groups (broad SMARTS) is 2. The fourth-order valence-corrected chi connectivity index (χ4v) is 7.06. The molecule has 2 aromatic rings. The van der Waals surface area contributed by atoms with E-state index < -0.39 is 47.2 Å². The number of fused-ring (bicyclic) bond motifs is 1. The van der Waals surface area contributed by atoms with Crippen LogP contribution in [0, 0.1) is 12.3 Å². The lowest BCUT2D eigenvalue weighted by Gasteiger charge is -2.53. The number of thioether (sulfide) groups is 2. The summed E-state index contributed by atoms with van der Waals surface area (Å²) in [5.41, 5.74) is 10.5. The molecule has 208 valence electrons. The molecule has 0 radical (unpaired) electrons. The van der Waals surface area contributed by atoms with Gasteiger partial charge in [-0.05, 0) is 23.7 Å². The Balaban J connectivity index is 1.44. The van der Waals surface area contributed by atoms with Crippen molar-refractivity contribution in [2.75, 3.05) is 42.0 Å². The summed E-state index contributed by atoms with van der Waals surface area (Å²) in [6, 6.07) is -0.965. The van der Waals surface area contributed by atoms with Gasteiger partial charge in [0.15, 0.2) is 10.8 Å². The summed E-state index contributed by atoms with van der Waals surface area (Å²) in [6.07, 6.45) is 1.58. The molecule has 3 atom stereocenters. The molecule has 2 amide bonds. The third-order valence-electron chi connectivity index (χ3n) is 5.86. The van der Waals surface area contributed by atoms with Crippen molar-refractivity contribution < 1.29 is 38.9 Å². The Labute approximate surface area is 232 Å². The normalized spacial score (nSPS) is 22.5. The molecule has 9 N–H and O–H groups in total. The third-order valence-corrected chi connectivity index (χ3v) is 9.38. The van der Waals surface area contributed by atoms with Crippen LogP contribution in [0.5, 0.6) is 0 Å². The highest BCUT2D eigenvalue weighted by Crippen LogP contribution is 2.44. The number of anilines is 2. The molecule has 2 aliphatic rings. The first-order chi connectivity index (χ1) is 18.4. The van der Waals surface area contributed by atoms with Crippen molar-refractivity contribution in [1.29, 1.82) is 0 Å². The number of hydrogen-bond acceptors (Lipinski definition) is 14. The molecule has 2 unspecified atom stereocenters. The predicted octanol–water partition coefficient (Wildman–Crippen LogP) is -1.92. The largest absolute Gasteiger partial charge is 0.481 e. The summed E-state index contributed by atoms with van der Waals surface area (Å²) in [5, 5.41) is 26.4. The SMILES string of the molecule is Cc1c[n+](N)c(SCC2(C(=O)O)CS[C@@H]3C(NC(=O)C(=NOCC(=O)O)c4csc(N)n4)C(=O)N3C2)nc1N. The lowest BCUT2D eigenvalue weighted by molar-refractivity contribution is -0.682. The lowest BCUT2D eigenvalue weighted by Crippen LogP contribution is -2.74. The van der Waals surface area contributed by atoms with Crippen molar-refractivity contribution in [2.45, 2.75) is 23.5 Å². The molecule has 4 rings (SSSR count). The average Bonchev–Trinajstić information content (AvgIpc) is 3.31. The topological polar surface area (TPSA) is 253 Å². The molecule has 2 aromatic heterocycles. The van der Waals surface area contributed by atoms with Crippen molar-refractivity contribution >= 4 is 75.3 Å². The van der Waals surface area contributed by atoms with E-state index in [2.05, 4.69) is 20.4 Å². The monoisotopic (exact) mass is 598 g/mol. The first-order valence-corrected chi connectivity index (χ1v) is 14.0. The average molecular weight is 599 g/mol. The highest BCUT2D eigenvalue weighted by atomic mass is 32.2. The van der Waals surface area contributed by atoms with Crippen molar-refractivity contribution in [1.82, 2.24) is 20.2 Å². The zero-order valence-corrected chi connectivity index (χ0v) is 22.7. The van der Waals surface area contributed by atoms with Gasteiger partial charge in [0.05, 0.1) is 5.56 Å². The van der Waals surface area contributed by atoms with E-state index in [1.807, 2.05) is 0 Å². The number of oxime groups is 1. The molecule has 0 aromatic carbocycles. The minimum Gasteiger partial charge on any atom is -0.481 e. The summed E-state index contributed by atoms with van der Waals surface area (Å²) in [5.74, 6) is 2.74. The molecule has 0 spiro atoms. The highest BCUT2D eigenvalue weighted by Gasteiger charge is 2.57. The van der Waals surface area contributed by atoms with Crippen LogP contribution in [0.1, 0.15) is 11.3 Å². The smallest absolute Gasteiger partial charge is 0.384 e. The zero-order valence-electron chi connectivity index (χ0n) is 20.3. The van der Waals surface area contributed by atoms with Crippen molar-refractivity contribution in [2.24, 2.45) is 10.6 Å². The number of hydrogen-bond donors (Lipinski definition) is 6. The zero-order chi connectivity index (χ0) is 28.5. The molecular weight excluding hydrogens is 574 g/mol. The summed E-state index contributed by atoms with van der Waals surface area (Å²) in [6.45, 7) is 0.857. The van der Waals surface area contributed by atoms with Crippen LogP contribution in [0.4, 0.5) is 10.9 Å². The number of aryl methyl sites for hydroxylation is 1. The molecule has 0 aliphatic carbocycles. The number of nitrogens with one attached hydrogen (secondary N) is 1. The first kappa shape index (κ1) is 28.2. The van der Waals surface area contributed by atoms with E-state index in [9.17, 15) is 24.3 Å². The van der Waals surface area contributed by atoms with E-state index in [0.717, 1.165) is 23.1 Å². The van der Waals surface area contributed by atoms with Crippen LogP contribution in [0.2, 0.25) is 0 Å². The Morgan fingerprint density at radius 2 is 2.10 bits per heavy atom. The number of carbonyl (C=O) groups is 4. The van der Waals surface area contributed by atoms with Crippen LogP contribution < -0.4 is 27.3 Å². The maximum Gasteiger partial charge on any atom is 0.384 e. The van der Waals surface area contributed by atoms with E-state index >= 15 is 0 Å². The predicted molar refractivity (Wildman–Crippen MR) is 141 cm³/mol. The van der Waals surface area contributed by atoms with Crippen molar-refractivity contribution in [3.8, 4) is 0 Å². The molecule has 0 bridgehead atoms. The van der Waals surface area contributed by atoms with E-state index in [0.29, 0.717) is 10.7 Å². The lowest BCUT2D eigenvalue weighted by atomic mass is 9.89. The second kappa shape index (κ2) is 11.1. The van der Waals surface area contributed by atoms with Gasteiger partial charge in [-0.25, -0.2) is 9.78 Å². The summed E-state index contributed by atoms with van der Waals surface area (Å²) in [4.78, 5) is 63.3. The van der Waals surface area contributed by atoms with Crippen LogP contribution in [0.15, 0.2) is 21.9 Å². The maximum atomic E-state index is 13.0. The molecule has 19 heteroatoms. The molecular formula is C20H24N9O7S3+. The van der Waals surface area contributed by atoms with Gasteiger partial charge in [0.1, 0.15) is 28.7 Å². The molecule has 2 fully saturated rings. The number of aromatic nitrogens is 3. The Hall–Kier alpha value is -3.84. The molecule has 2 aliphatic heterocycles. The van der Waals surface area contributed by atoms with E-state index in [1.54, 1.807) is 13.1 Å². The van der Waals surface area contributed by atoms with Gasteiger partial charge in [0.25, 0.3) is 5.91 Å². The minimum atomic E-state index is -1.31. The van der Waals surface area contributed by atoms with Gasteiger partial charge in [-0.1, -0.05) is 5.16 Å². The van der Waals surface area contributed by atoms with Gasteiger partial charge in [-0.15, -0.1) is 27.8 Å². The quantitative estimate of drug-likeness (QED) is 0.0332. The second-order valence-electron chi connectivity index (χ2n) is 8.67. The Bertz CT molecular complexity index is 1370. The fraction of sp³-hybridized carbons (Fsp3) is 0.400. The number of carboxylic acids is 2. The van der Waals surface area contributed by atoms with Crippen LogP contribution in [-0.2, 0) is 24.0 Å². The van der Waals surface area contributed by atoms with Gasteiger partial charge in [-0.3, -0.25) is 20.2 Å². The van der Waals surface area contributed by atoms with Crippen LogP contribution in [-0.4, -0.2) is 90.6 Å². The molecule has 16 nitrogen and oxygen atoms in total. The number of β-lactam (4-membered cyclic amide) rings is 1. The summed E-state index contributed by atoms with van der Waals surface area (Å²) >= 11 is 3.36. The van der Waals surface area contributed by atoms with Gasteiger partial charge >= 0.3 is 17.1 Å². The molecule has 4 heterocycles. The van der Waals surface area contributed by atoms with E-state index in [-0.39, 0.29) is 40.4 Å². The number of thiazole rings is 1. The number of nitrogens with two attached hydrogens (primary N) is 3. The molecule has 0 saturated carbocycles. The number of nitrogen functional groups attached to an aromatic ring is 3. The number of aliphatic carboxylic acids is 2. The number of carbonyl (C=O) groups excluding carboxylic acids is 2. The number of rotatable bonds is 10. The summed E-state index contributed by atoms with van der Waals surface area (Å²) in [7, 11) is 0. The Morgan fingerprint density at radius 3 is 2.74 bits per heavy atom. The standard InChI is InChI=1S/C20H23N9O7S3/c1-8-2-29(23)19(26-13(8)21)39-7-20(17(34)35)5-28-15(33)12(16(28)38-6-20)25-14(32)11(27-36-3-10(30)31)9-4-37-18(22)24-9/h2,4,12,16,21H,3,5-7,23H2,1H3,(H5,22,24,25,30,31,32,34,35)/p+1/t12?,16-,20?/m1/s1. The van der Waals surface area contributed by atoms with Gasteiger partial charge in [0.2, 0.25) is 18.3 Å². The molecule has 39 heavy (non-hydrogen) atoms. The Morgan fingerprint density at radius 1 is 1.36 bits per heavy atom. The third kappa shape index (κ3) is 5.78. The van der Waals surface area contributed by atoms with Crippen LogP contribution in [0.25, 0.3) is 0 Å². The van der Waals surface area contributed by atoms with Crippen molar-refractivity contribution in [3.63, 3.8) is 0 Å². The minimum absolute atomic E-state index is 0.0460. The number of amides is 2. The Kier molecular flexibility index (Phi) is 8.02. The van der Waals surface area contributed by atoms with Gasteiger partial charge < -0.3 is 36.7 Å². The van der Waals surface area contributed by atoms with Gasteiger partial charge in [0, 0.05) is 23.4 Å². The van der Waals surface area contributed by atoms with Crippen LogP contribution in [0.3, 0.4) is 0 Å². The highest BCUT2D eigenvalue weighted by molar-refractivity contribution is 8.00. The van der Waals surface area contributed by atoms with E-state index in [4.69, 9.17) is 27.3 Å². The first-order valence-electron chi connectivity index (χ1n) is 11.1. The molecule has 2 saturated heterocycles. The van der Waals surface area contributed by atoms with Crippen molar-refractivity contribution in [3.05, 3.63) is 22.8 Å².